The van der Waals surface area contributed by atoms with Crippen LogP contribution in [-0.2, 0) is 11.0 Å². The summed E-state index contributed by atoms with van der Waals surface area (Å²) in [6, 6.07) is 4.35. The number of benzene rings is 1. The van der Waals surface area contributed by atoms with Crippen LogP contribution in [0.5, 0.6) is 5.75 Å². The third kappa shape index (κ3) is 13.2. The lowest BCUT2D eigenvalue weighted by molar-refractivity contribution is -0.138. The van der Waals surface area contributed by atoms with Crippen LogP contribution >= 0.6 is 0 Å². The van der Waals surface area contributed by atoms with Crippen molar-refractivity contribution in [2.24, 2.45) is 17.6 Å². The maximum Gasteiger partial charge on any atom is 0.416 e. The molecule has 0 aliphatic heterocycles. The van der Waals surface area contributed by atoms with Crippen molar-refractivity contribution in [3.63, 3.8) is 0 Å². The van der Waals surface area contributed by atoms with E-state index in [-0.39, 0.29) is 31.1 Å². The number of halogens is 3. The molecule has 10 nitrogen and oxygen atoms in total. The lowest BCUT2D eigenvalue weighted by Crippen LogP contribution is -2.50. The van der Waals surface area contributed by atoms with Gasteiger partial charge in [0.25, 0.3) is 0 Å². The highest BCUT2D eigenvalue weighted by Crippen LogP contribution is 2.37. The zero-order chi connectivity index (χ0) is 31.3. The van der Waals surface area contributed by atoms with Gasteiger partial charge in [0.1, 0.15) is 18.0 Å². The Morgan fingerprint density at radius 1 is 1.12 bits per heavy atom. The van der Waals surface area contributed by atoms with Crippen molar-refractivity contribution in [1.82, 2.24) is 0 Å². The average molecular weight is 592 g/mol. The van der Waals surface area contributed by atoms with Crippen LogP contribution in [-0.4, -0.2) is 91.5 Å². The van der Waals surface area contributed by atoms with Crippen molar-refractivity contribution in [2.75, 3.05) is 26.4 Å². The molecule has 2 rings (SSSR count). The lowest BCUT2D eigenvalue weighted by atomic mass is 9.89. The van der Waals surface area contributed by atoms with Crippen LogP contribution in [0.15, 0.2) is 54.3 Å². The quantitative estimate of drug-likeness (QED) is 0.123. The lowest BCUT2D eigenvalue weighted by Gasteiger charge is -2.23. The van der Waals surface area contributed by atoms with Crippen molar-refractivity contribution in [2.45, 2.75) is 62.1 Å². The Balaban J connectivity index is 0.000000915. The first-order valence-electron chi connectivity index (χ1n) is 12.9. The highest BCUT2D eigenvalue weighted by atomic mass is 19.4. The molecule has 1 aromatic rings. The molecule has 0 spiro atoms. The molecular formula is C28H40F3NO9. The second-order valence-electron chi connectivity index (χ2n) is 10.2. The molecule has 232 valence electrons. The minimum Gasteiger partial charge on any atom is -0.490 e. The predicted octanol–water partition coefficient (Wildman–Crippen LogP) is 1.38. The Morgan fingerprint density at radius 2 is 1.76 bits per heavy atom. The number of rotatable bonds is 13. The topological polar surface area (TPSA) is 194 Å². The number of alkyl halides is 3. The Hall–Kier alpha value is -2.74. The van der Waals surface area contributed by atoms with Gasteiger partial charge in [-0.25, -0.2) is 0 Å². The van der Waals surface area contributed by atoms with Crippen LogP contribution in [0.3, 0.4) is 0 Å². The molecule has 1 aliphatic rings. The minimum atomic E-state index is -4.50. The van der Waals surface area contributed by atoms with Crippen molar-refractivity contribution in [1.29, 1.82) is 0 Å². The van der Waals surface area contributed by atoms with Crippen molar-refractivity contribution >= 4 is 5.97 Å². The summed E-state index contributed by atoms with van der Waals surface area (Å²) in [6.45, 7) is -0.0952. The second-order valence-corrected chi connectivity index (χ2v) is 10.2. The summed E-state index contributed by atoms with van der Waals surface area (Å²) in [4.78, 5) is 10.5. The monoisotopic (exact) mass is 591 g/mol. The van der Waals surface area contributed by atoms with Gasteiger partial charge in [0.2, 0.25) is 0 Å². The smallest absolute Gasteiger partial charge is 0.416 e. The molecular weight excluding hydrogens is 551 g/mol. The summed E-state index contributed by atoms with van der Waals surface area (Å²) in [6.07, 6.45) is 1.04. The molecule has 1 aliphatic carbocycles. The number of hydrogen-bond acceptors (Lipinski definition) is 9. The maximum atomic E-state index is 12.8. The fourth-order valence-corrected chi connectivity index (χ4v) is 3.78. The van der Waals surface area contributed by atoms with Gasteiger partial charge in [-0.15, -0.1) is 5.73 Å². The molecule has 0 heterocycles. The number of aliphatic carboxylic acids is 1. The molecule has 1 aromatic carbocycles. The predicted molar refractivity (Wildman–Crippen MR) is 143 cm³/mol. The van der Waals surface area contributed by atoms with Crippen LogP contribution in [0, 0.1) is 11.8 Å². The van der Waals surface area contributed by atoms with E-state index in [0.717, 1.165) is 12.1 Å². The summed E-state index contributed by atoms with van der Waals surface area (Å²) in [5.74, 6) is -1.74. The maximum absolute atomic E-state index is 12.8. The second kappa shape index (κ2) is 16.6. The number of carbonyl (C=O) groups is 1. The zero-order valence-electron chi connectivity index (χ0n) is 22.7. The van der Waals surface area contributed by atoms with Crippen molar-refractivity contribution in [3.8, 4) is 5.75 Å². The van der Waals surface area contributed by atoms with Crippen LogP contribution in [0.4, 0.5) is 13.2 Å². The largest absolute Gasteiger partial charge is 0.490 e. The number of aliphatic hydroxyl groups is 6. The van der Waals surface area contributed by atoms with Crippen LogP contribution in [0.2, 0.25) is 0 Å². The van der Waals surface area contributed by atoms with Crippen molar-refractivity contribution < 1.29 is 58.4 Å². The molecule has 0 amide bonds. The third-order valence-electron chi connectivity index (χ3n) is 6.36. The molecule has 1 saturated carbocycles. The van der Waals surface area contributed by atoms with E-state index in [1.807, 2.05) is 0 Å². The van der Waals surface area contributed by atoms with Gasteiger partial charge in [0.05, 0.1) is 43.1 Å². The molecule has 0 saturated heterocycles. The number of aliphatic hydroxyl groups excluding tert-OH is 5. The molecule has 0 aromatic heterocycles. The average Bonchev–Trinajstić information content (AvgIpc) is 3.19. The van der Waals surface area contributed by atoms with Gasteiger partial charge in [0, 0.05) is 18.8 Å². The molecule has 5 atom stereocenters. The van der Waals surface area contributed by atoms with Gasteiger partial charge in [-0.3, -0.25) is 4.79 Å². The van der Waals surface area contributed by atoms with Gasteiger partial charge >= 0.3 is 12.1 Å². The van der Waals surface area contributed by atoms with E-state index in [1.54, 1.807) is 18.2 Å². The third-order valence-corrected chi connectivity index (χ3v) is 6.36. The fraction of sp³-hybridized carbons (Fsp3) is 0.571. The van der Waals surface area contributed by atoms with E-state index in [0.29, 0.717) is 12.8 Å². The number of hydrogen-bond donors (Lipinski definition) is 8. The van der Waals surface area contributed by atoms with Gasteiger partial charge < -0.3 is 46.2 Å². The normalized spacial score (nSPS) is 22.3. The number of carboxylic acids is 1. The molecule has 41 heavy (non-hydrogen) atoms. The summed E-state index contributed by atoms with van der Waals surface area (Å²) in [5, 5.41) is 64.8. The van der Waals surface area contributed by atoms with Gasteiger partial charge in [0.15, 0.2) is 0 Å². The number of nitrogens with two attached hydrogens (primary N) is 1. The number of ether oxygens (including phenoxy) is 1. The molecule has 0 radical (unpaired) electrons. The van der Waals surface area contributed by atoms with E-state index in [2.05, 4.69) is 5.73 Å². The molecule has 1 fully saturated rings. The van der Waals surface area contributed by atoms with Gasteiger partial charge in [-0.1, -0.05) is 18.2 Å². The highest BCUT2D eigenvalue weighted by Gasteiger charge is 2.40. The standard InChI is InChI=1S/C24H29F3O6.C4H11NO3/c1-23(32,15-33-17-8-6-7-16(13-17)24(25,26)27)12-11-19-18(20(28)14-21(19)29)9-4-2-3-5-10-22(30)31;5-4(1-6,2-7)3-8/h3-4,6-8,11-13,18-21,28-29,32H,5,9-10,14-15H2,1H3,(H,30,31);6-8H,1-3,5H2/t2?,18-,19-,20+,21-,23?;/m1./s1. The minimum absolute atomic E-state index is 0.00533. The summed E-state index contributed by atoms with van der Waals surface area (Å²) in [7, 11) is 0. The first kappa shape index (κ1) is 36.3. The molecule has 0 bridgehead atoms. The zero-order valence-corrected chi connectivity index (χ0v) is 22.7. The van der Waals surface area contributed by atoms with E-state index in [1.165, 1.54) is 25.1 Å². The van der Waals surface area contributed by atoms with Crippen molar-refractivity contribution in [3.05, 3.63) is 59.9 Å². The Kier molecular flexibility index (Phi) is 14.7. The van der Waals surface area contributed by atoms with Gasteiger partial charge in [-0.2, -0.15) is 13.2 Å². The summed E-state index contributed by atoms with van der Waals surface area (Å²) < 4.78 is 43.8. The summed E-state index contributed by atoms with van der Waals surface area (Å²) >= 11 is 0. The Morgan fingerprint density at radius 3 is 2.29 bits per heavy atom. The fourth-order valence-electron chi connectivity index (χ4n) is 3.78. The SMILES string of the molecule is CC(O)(C=C[C@@H]1[C@@H](CC=C=CCCC(=O)O)[C@@H](O)C[C@H]1O)COc1cccc(C(F)(F)F)c1.NC(CO)(CO)CO. The Labute approximate surface area is 236 Å². The molecule has 13 heteroatoms. The van der Waals surface area contributed by atoms with E-state index < -0.39 is 66.8 Å². The van der Waals surface area contributed by atoms with E-state index >= 15 is 0 Å². The summed E-state index contributed by atoms with van der Waals surface area (Å²) in [5.41, 5.74) is 4.42. The first-order chi connectivity index (χ1) is 19.1. The number of allylic oxidation sites excluding steroid dienone is 1. The molecule has 1 unspecified atom stereocenters. The highest BCUT2D eigenvalue weighted by molar-refractivity contribution is 5.66. The van der Waals surface area contributed by atoms with E-state index in [9.17, 15) is 33.3 Å². The van der Waals surface area contributed by atoms with Crippen LogP contribution < -0.4 is 10.5 Å². The number of carboxylic acid groups (broad SMARTS) is 1. The van der Waals surface area contributed by atoms with Gasteiger partial charge in [-0.05, 0) is 56.0 Å². The van der Waals surface area contributed by atoms with Crippen LogP contribution in [0.25, 0.3) is 0 Å². The first-order valence-corrected chi connectivity index (χ1v) is 12.9. The van der Waals surface area contributed by atoms with E-state index in [4.69, 9.17) is 30.9 Å². The molecule has 9 N–H and O–H groups in total. The Bertz CT molecular complexity index is 1030. The van der Waals surface area contributed by atoms with Crippen LogP contribution in [0.1, 0.15) is 38.2 Å².